The summed E-state index contributed by atoms with van der Waals surface area (Å²) in [6.45, 7) is 0.867. The minimum absolute atomic E-state index is 0.230. The van der Waals surface area contributed by atoms with Crippen LogP contribution in [-0.2, 0) is 0 Å². The van der Waals surface area contributed by atoms with Gasteiger partial charge in [0.05, 0.1) is 7.11 Å². The molecule has 1 heterocycles. The third kappa shape index (κ3) is 3.61. The van der Waals surface area contributed by atoms with Crippen molar-refractivity contribution in [3.8, 4) is 5.88 Å². The third-order valence-electron chi connectivity index (χ3n) is 3.07. The smallest absolute Gasteiger partial charge is 0.225 e. The Morgan fingerprint density at radius 1 is 1.39 bits per heavy atom. The zero-order valence-electron chi connectivity index (χ0n) is 10.8. The van der Waals surface area contributed by atoms with Gasteiger partial charge in [0, 0.05) is 12.6 Å². The first kappa shape index (κ1) is 12.7. The Bertz CT molecular complexity index is 431. The fourth-order valence-electron chi connectivity index (χ4n) is 2.12. The molecule has 0 saturated carbocycles. The highest BCUT2D eigenvalue weighted by molar-refractivity contribution is 5.42. The van der Waals surface area contributed by atoms with E-state index in [9.17, 15) is 0 Å². The van der Waals surface area contributed by atoms with Gasteiger partial charge in [0.1, 0.15) is 5.82 Å². The quantitative estimate of drug-likeness (QED) is 0.783. The van der Waals surface area contributed by atoms with Crippen molar-refractivity contribution in [3.63, 3.8) is 0 Å². The second-order valence-corrected chi connectivity index (χ2v) is 4.44. The molecule has 0 radical (unpaired) electrons. The van der Waals surface area contributed by atoms with Crippen molar-refractivity contribution >= 4 is 11.8 Å². The third-order valence-corrected chi connectivity index (χ3v) is 3.07. The summed E-state index contributed by atoms with van der Waals surface area (Å²) < 4.78 is 5.05. The minimum Gasteiger partial charge on any atom is -0.481 e. The molecule has 0 atom stereocenters. The van der Waals surface area contributed by atoms with Gasteiger partial charge in [-0.05, 0) is 32.1 Å². The number of hydrogen-bond donors (Lipinski definition) is 2. The van der Waals surface area contributed by atoms with Crippen LogP contribution in [0.2, 0.25) is 0 Å². The van der Waals surface area contributed by atoms with Gasteiger partial charge in [-0.3, -0.25) is 0 Å². The predicted octanol–water partition coefficient (Wildman–Crippen LogP) is 2.37. The largest absolute Gasteiger partial charge is 0.481 e. The van der Waals surface area contributed by atoms with E-state index in [2.05, 4.69) is 21.4 Å². The van der Waals surface area contributed by atoms with Crippen LogP contribution in [0.1, 0.15) is 32.1 Å². The monoisotopic (exact) mass is 248 g/mol. The molecule has 1 aromatic rings. The van der Waals surface area contributed by atoms with Crippen molar-refractivity contribution in [1.29, 1.82) is 0 Å². The Morgan fingerprint density at radius 2 is 2.28 bits per heavy atom. The Balaban J connectivity index is 1.86. The molecule has 0 fully saturated rings. The first-order valence-electron chi connectivity index (χ1n) is 6.38. The van der Waals surface area contributed by atoms with Crippen LogP contribution in [0.4, 0.5) is 11.8 Å². The fraction of sp³-hybridized carbons (Fsp3) is 0.538. The van der Waals surface area contributed by atoms with Crippen LogP contribution in [0, 0.1) is 0 Å². The van der Waals surface area contributed by atoms with E-state index in [1.165, 1.54) is 25.7 Å². The Morgan fingerprint density at radius 3 is 3.00 bits per heavy atom. The van der Waals surface area contributed by atoms with Gasteiger partial charge in [0.25, 0.3) is 0 Å². The Labute approximate surface area is 107 Å². The molecule has 2 rings (SSSR count). The van der Waals surface area contributed by atoms with Crippen LogP contribution >= 0.6 is 0 Å². The van der Waals surface area contributed by atoms with Gasteiger partial charge in [-0.2, -0.15) is 9.97 Å². The molecule has 0 bridgehead atoms. The highest BCUT2D eigenvalue weighted by Gasteiger charge is 2.05. The summed E-state index contributed by atoms with van der Waals surface area (Å²) in [7, 11) is 1.57. The lowest BCUT2D eigenvalue weighted by Gasteiger charge is -2.13. The van der Waals surface area contributed by atoms with E-state index >= 15 is 0 Å². The summed E-state index contributed by atoms with van der Waals surface area (Å²) in [6.07, 6.45) is 8.53. The lowest BCUT2D eigenvalue weighted by molar-refractivity contribution is 0.398. The molecule has 0 spiro atoms. The lowest BCUT2D eigenvalue weighted by atomic mass is 9.97. The Kier molecular flexibility index (Phi) is 4.39. The number of rotatable bonds is 5. The molecule has 1 aliphatic carbocycles. The number of nitrogens with one attached hydrogen (secondary N) is 1. The van der Waals surface area contributed by atoms with Crippen LogP contribution in [0.5, 0.6) is 5.88 Å². The number of allylic oxidation sites excluding steroid dienone is 1. The molecule has 0 saturated heterocycles. The van der Waals surface area contributed by atoms with Crippen LogP contribution < -0.4 is 15.8 Å². The molecule has 98 valence electrons. The van der Waals surface area contributed by atoms with E-state index < -0.39 is 0 Å². The molecule has 18 heavy (non-hydrogen) atoms. The lowest BCUT2D eigenvalue weighted by Crippen LogP contribution is -2.08. The number of ether oxygens (including phenoxy) is 1. The average molecular weight is 248 g/mol. The minimum atomic E-state index is 0.230. The molecule has 1 aromatic heterocycles. The zero-order chi connectivity index (χ0) is 12.8. The van der Waals surface area contributed by atoms with E-state index in [1.54, 1.807) is 18.7 Å². The molecule has 0 amide bonds. The van der Waals surface area contributed by atoms with Gasteiger partial charge in [-0.15, -0.1) is 0 Å². The number of nitrogen functional groups attached to an aromatic ring is 1. The van der Waals surface area contributed by atoms with Crippen molar-refractivity contribution in [2.75, 3.05) is 24.7 Å². The van der Waals surface area contributed by atoms with Crippen LogP contribution in [0.15, 0.2) is 17.7 Å². The molecule has 0 aromatic carbocycles. The molecular weight excluding hydrogens is 228 g/mol. The molecule has 1 aliphatic rings. The summed E-state index contributed by atoms with van der Waals surface area (Å²) in [4.78, 5) is 8.06. The maximum absolute atomic E-state index is 5.60. The van der Waals surface area contributed by atoms with Gasteiger partial charge in [0.2, 0.25) is 11.8 Å². The normalized spacial score (nSPS) is 15.1. The van der Waals surface area contributed by atoms with Gasteiger partial charge in [-0.1, -0.05) is 11.6 Å². The SMILES string of the molecule is COc1cc(NCCC2=CCCCC2)nc(N)n1. The second-order valence-electron chi connectivity index (χ2n) is 4.44. The number of anilines is 2. The summed E-state index contributed by atoms with van der Waals surface area (Å²) in [5.41, 5.74) is 7.14. The van der Waals surface area contributed by atoms with Gasteiger partial charge in [0.15, 0.2) is 0 Å². The van der Waals surface area contributed by atoms with Crippen LogP contribution in [-0.4, -0.2) is 23.6 Å². The van der Waals surface area contributed by atoms with Crippen LogP contribution in [0.25, 0.3) is 0 Å². The van der Waals surface area contributed by atoms with E-state index in [0.29, 0.717) is 5.88 Å². The van der Waals surface area contributed by atoms with Gasteiger partial charge >= 0.3 is 0 Å². The number of methoxy groups -OCH3 is 1. The molecule has 5 heteroatoms. The van der Waals surface area contributed by atoms with Crippen LogP contribution in [0.3, 0.4) is 0 Å². The van der Waals surface area contributed by atoms with Crippen molar-refractivity contribution in [2.24, 2.45) is 0 Å². The molecule has 3 N–H and O–H groups in total. The summed E-state index contributed by atoms with van der Waals surface area (Å²) in [5, 5.41) is 3.26. The maximum atomic E-state index is 5.60. The molecule has 0 aliphatic heterocycles. The fourth-order valence-corrected chi connectivity index (χ4v) is 2.12. The number of hydrogen-bond acceptors (Lipinski definition) is 5. The second kappa shape index (κ2) is 6.23. The number of aromatic nitrogens is 2. The van der Waals surface area contributed by atoms with Crippen molar-refractivity contribution in [1.82, 2.24) is 9.97 Å². The van der Waals surface area contributed by atoms with E-state index in [0.717, 1.165) is 18.8 Å². The van der Waals surface area contributed by atoms with E-state index in [1.807, 2.05) is 0 Å². The first-order valence-corrected chi connectivity index (χ1v) is 6.38. The summed E-state index contributed by atoms with van der Waals surface area (Å²) in [5.74, 6) is 1.44. The maximum Gasteiger partial charge on any atom is 0.225 e. The van der Waals surface area contributed by atoms with E-state index in [4.69, 9.17) is 10.5 Å². The number of nitrogens with zero attached hydrogens (tertiary/aromatic N) is 2. The summed E-state index contributed by atoms with van der Waals surface area (Å²) >= 11 is 0. The van der Waals surface area contributed by atoms with Crippen molar-refractivity contribution in [3.05, 3.63) is 17.7 Å². The topological polar surface area (TPSA) is 73.1 Å². The molecule has 5 nitrogen and oxygen atoms in total. The zero-order valence-corrected chi connectivity index (χ0v) is 10.8. The van der Waals surface area contributed by atoms with Crippen molar-refractivity contribution in [2.45, 2.75) is 32.1 Å². The summed E-state index contributed by atoms with van der Waals surface area (Å²) in [6, 6.07) is 1.76. The first-order chi connectivity index (χ1) is 8.78. The molecule has 0 unspecified atom stereocenters. The van der Waals surface area contributed by atoms with Gasteiger partial charge < -0.3 is 15.8 Å². The van der Waals surface area contributed by atoms with Gasteiger partial charge in [-0.25, -0.2) is 0 Å². The van der Waals surface area contributed by atoms with E-state index in [-0.39, 0.29) is 5.95 Å². The average Bonchev–Trinajstić information content (AvgIpc) is 2.39. The predicted molar refractivity (Wildman–Crippen MR) is 72.7 cm³/mol. The molecular formula is C13H20N4O. The Hall–Kier alpha value is -1.78. The highest BCUT2D eigenvalue weighted by atomic mass is 16.5. The number of nitrogens with two attached hydrogens (primary N) is 1. The standard InChI is InChI=1S/C13H20N4O/c1-18-12-9-11(16-13(14)17-12)15-8-7-10-5-3-2-4-6-10/h5,9H,2-4,6-8H2,1H3,(H3,14,15,16,17). The highest BCUT2D eigenvalue weighted by Crippen LogP contribution is 2.20. The van der Waals surface area contributed by atoms with Crippen molar-refractivity contribution < 1.29 is 4.74 Å².